The number of hydrogen-bond donors (Lipinski definition) is 2. The number of carbonyl (C=O) groups is 2. The van der Waals surface area contributed by atoms with Gasteiger partial charge in [0.25, 0.3) is 5.91 Å². The Kier molecular flexibility index (Phi) is 5.05. The summed E-state index contributed by atoms with van der Waals surface area (Å²) in [6, 6.07) is 9.91. The average molecular weight is 513 g/mol. The molecule has 3 aliphatic carbocycles. The first-order chi connectivity index (χ1) is 18.2. The SMILES string of the molecule is Cc1cccc(C#CC(=O)N(C)[C@@H]2CC[C@@]3(O)[C@H]4C(=O)c5ccc(O)c6c5[C@@]3(CCN4CC3CC3)[C@H]2O6)c1. The number of hydrogen-bond acceptors (Lipinski definition) is 6. The minimum Gasteiger partial charge on any atom is -0.504 e. The van der Waals surface area contributed by atoms with Gasteiger partial charge >= 0.3 is 0 Å². The largest absolute Gasteiger partial charge is 0.504 e. The van der Waals surface area contributed by atoms with E-state index < -0.39 is 23.2 Å². The molecule has 1 amide bonds. The molecular weight excluding hydrogens is 480 g/mol. The van der Waals surface area contributed by atoms with E-state index in [1.165, 1.54) is 18.9 Å². The highest BCUT2D eigenvalue weighted by atomic mass is 16.5. The number of phenolic OH excluding ortho intramolecular Hbond substituents is 1. The lowest BCUT2D eigenvalue weighted by Crippen LogP contribution is -2.79. The number of nitrogens with zero attached hydrogens (tertiary/aromatic N) is 2. The summed E-state index contributed by atoms with van der Waals surface area (Å²) < 4.78 is 6.49. The Morgan fingerprint density at radius 3 is 2.79 bits per heavy atom. The van der Waals surface area contributed by atoms with Crippen LogP contribution in [-0.4, -0.2) is 75.6 Å². The van der Waals surface area contributed by atoms with Gasteiger partial charge in [-0.15, -0.1) is 0 Å². The summed E-state index contributed by atoms with van der Waals surface area (Å²) >= 11 is 0. The summed E-state index contributed by atoms with van der Waals surface area (Å²) in [5.41, 5.74) is 0.806. The van der Waals surface area contributed by atoms with Crippen molar-refractivity contribution in [2.75, 3.05) is 20.1 Å². The van der Waals surface area contributed by atoms with Crippen LogP contribution in [0.2, 0.25) is 0 Å². The first-order valence-electron chi connectivity index (χ1n) is 13.6. The molecule has 2 bridgehead atoms. The second-order valence-electron chi connectivity index (χ2n) is 11.9. The molecule has 7 rings (SSSR count). The molecule has 2 aliphatic heterocycles. The van der Waals surface area contributed by atoms with Crippen LogP contribution in [0, 0.1) is 24.7 Å². The van der Waals surface area contributed by atoms with Gasteiger partial charge in [0.15, 0.2) is 17.3 Å². The number of phenols is 1. The van der Waals surface area contributed by atoms with Gasteiger partial charge in [-0.1, -0.05) is 18.1 Å². The number of ether oxygens (including phenoxy) is 1. The van der Waals surface area contributed by atoms with Crippen molar-refractivity contribution in [1.82, 2.24) is 9.80 Å². The highest BCUT2D eigenvalue weighted by Gasteiger charge is 2.75. The van der Waals surface area contributed by atoms with Crippen molar-refractivity contribution in [3.63, 3.8) is 0 Å². The number of likely N-dealkylation sites (N-methyl/N-ethyl adjacent to an activating group) is 1. The number of piperidine rings is 1. The van der Waals surface area contributed by atoms with Gasteiger partial charge in [-0.05, 0) is 74.8 Å². The van der Waals surface area contributed by atoms with Crippen molar-refractivity contribution in [2.24, 2.45) is 5.92 Å². The zero-order valence-corrected chi connectivity index (χ0v) is 21.7. The van der Waals surface area contributed by atoms with Crippen LogP contribution in [0.4, 0.5) is 0 Å². The lowest BCUT2D eigenvalue weighted by atomic mass is 9.48. The fraction of sp³-hybridized carbons (Fsp3) is 0.484. The zero-order valence-electron chi connectivity index (χ0n) is 21.7. The summed E-state index contributed by atoms with van der Waals surface area (Å²) in [5.74, 6) is 6.19. The number of amides is 1. The van der Waals surface area contributed by atoms with Gasteiger partial charge in [-0.25, -0.2) is 0 Å². The molecule has 2 N–H and O–H groups in total. The van der Waals surface area contributed by atoms with Gasteiger partial charge in [0, 0.05) is 42.7 Å². The van der Waals surface area contributed by atoms with Gasteiger partial charge in [-0.2, -0.15) is 0 Å². The van der Waals surface area contributed by atoms with E-state index in [4.69, 9.17) is 4.74 Å². The number of aromatic hydroxyl groups is 1. The number of carbonyl (C=O) groups excluding carboxylic acids is 2. The maximum absolute atomic E-state index is 13.9. The van der Waals surface area contributed by atoms with Gasteiger partial charge in [0.1, 0.15) is 17.7 Å². The molecule has 1 saturated heterocycles. The number of aryl methyl sites for hydroxylation is 1. The van der Waals surface area contributed by atoms with E-state index in [0.717, 1.165) is 17.7 Å². The molecule has 7 heteroatoms. The second kappa shape index (κ2) is 8.08. The fourth-order valence-electron chi connectivity index (χ4n) is 7.78. The molecule has 3 fully saturated rings. The summed E-state index contributed by atoms with van der Waals surface area (Å²) in [6.45, 7) is 3.47. The Labute approximate surface area is 222 Å². The van der Waals surface area contributed by atoms with E-state index in [2.05, 4.69) is 16.7 Å². The highest BCUT2D eigenvalue weighted by Crippen LogP contribution is 2.65. The van der Waals surface area contributed by atoms with Gasteiger partial charge in [0.2, 0.25) is 0 Å². The van der Waals surface area contributed by atoms with Crippen molar-refractivity contribution >= 4 is 11.7 Å². The number of ketones is 1. The van der Waals surface area contributed by atoms with E-state index in [1.807, 2.05) is 31.2 Å². The Bertz CT molecular complexity index is 1440. The number of rotatable bonds is 3. The number of likely N-dealkylation sites (tertiary alicyclic amines) is 1. The van der Waals surface area contributed by atoms with Crippen molar-refractivity contribution in [3.8, 4) is 23.3 Å². The van der Waals surface area contributed by atoms with E-state index in [0.29, 0.717) is 42.9 Å². The average Bonchev–Trinajstić information content (AvgIpc) is 3.64. The predicted octanol–water partition coefficient (Wildman–Crippen LogP) is 2.78. The maximum atomic E-state index is 13.9. The summed E-state index contributed by atoms with van der Waals surface area (Å²) in [5, 5.41) is 23.3. The van der Waals surface area contributed by atoms with Crippen LogP contribution in [-0.2, 0) is 10.2 Å². The molecule has 2 saturated carbocycles. The third kappa shape index (κ3) is 3.11. The maximum Gasteiger partial charge on any atom is 0.298 e. The Morgan fingerprint density at radius 2 is 2.03 bits per heavy atom. The highest BCUT2D eigenvalue weighted by molar-refractivity contribution is 6.06. The van der Waals surface area contributed by atoms with Crippen LogP contribution >= 0.6 is 0 Å². The van der Waals surface area contributed by atoms with E-state index >= 15 is 0 Å². The molecule has 0 unspecified atom stereocenters. The monoisotopic (exact) mass is 512 g/mol. The van der Waals surface area contributed by atoms with Crippen LogP contribution in [0.5, 0.6) is 11.5 Å². The Hall–Kier alpha value is -3.34. The van der Waals surface area contributed by atoms with Crippen LogP contribution in [0.25, 0.3) is 0 Å². The molecule has 2 aromatic carbocycles. The number of benzene rings is 2. The third-order valence-corrected chi connectivity index (χ3v) is 9.72. The van der Waals surface area contributed by atoms with Gasteiger partial charge < -0.3 is 19.8 Å². The molecule has 38 heavy (non-hydrogen) atoms. The minimum atomic E-state index is -1.33. The van der Waals surface area contributed by atoms with Crippen molar-refractivity contribution in [1.29, 1.82) is 0 Å². The van der Waals surface area contributed by atoms with Crippen molar-refractivity contribution < 1.29 is 24.5 Å². The molecule has 0 radical (unpaired) electrons. The molecule has 5 atom stereocenters. The summed E-state index contributed by atoms with van der Waals surface area (Å²) in [6.07, 6.45) is 3.19. The topological polar surface area (TPSA) is 90.3 Å². The minimum absolute atomic E-state index is 0.0338. The Morgan fingerprint density at radius 1 is 1.21 bits per heavy atom. The summed E-state index contributed by atoms with van der Waals surface area (Å²) in [7, 11) is 1.74. The van der Waals surface area contributed by atoms with Crippen LogP contribution in [0.1, 0.15) is 59.2 Å². The molecule has 0 aromatic heterocycles. The van der Waals surface area contributed by atoms with Crippen LogP contribution in [0.15, 0.2) is 36.4 Å². The normalized spacial score (nSPS) is 32.6. The van der Waals surface area contributed by atoms with E-state index in [-0.39, 0.29) is 29.2 Å². The third-order valence-electron chi connectivity index (χ3n) is 9.72. The predicted molar refractivity (Wildman–Crippen MR) is 140 cm³/mol. The quantitative estimate of drug-likeness (QED) is 0.615. The first kappa shape index (κ1) is 23.8. The molecular formula is C31H32N2O5. The van der Waals surface area contributed by atoms with Crippen molar-refractivity contribution in [3.05, 3.63) is 58.7 Å². The number of aliphatic hydroxyl groups is 1. The fourth-order valence-corrected chi connectivity index (χ4v) is 7.78. The Balaban J connectivity index is 1.29. The smallest absolute Gasteiger partial charge is 0.298 e. The van der Waals surface area contributed by atoms with E-state index in [9.17, 15) is 19.8 Å². The molecule has 1 spiro atoms. The van der Waals surface area contributed by atoms with Crippen LogP contribution < -0.4 is 4.74 Å². The molecule has 2 aromatic rings. The van der Waals surface area contributed by atoms with Gasteiger partial charge in [0.05, 0.1) is 11.5 Å². The number of Topliss-reactive ketones (excluding diaryl/α,β-unsaturated/α-hetero) is 1. The molecule has 2 heterocycles. The standard InChI is InChI=1S/C31H32N2O5/c1-18-4-3-5-19(16-18)8-11-24(35)32(2)22-12-13-31(37)28-26(36)21-9-10-23(34)27-25(21)30(31,29(22)38-27)14-15-33(28)17-20-6-7-20/h3-5,9-10,16,20,22,28-29,34,37H,6-7,12-15,17H2,1-2H3/t22-,28-,29+,30+,31-/m1/s1. The van der Waals surface area contributed by atoms with Gasteiger partial charge in [-0.3, -0.25) is 14.5 Å². The lowest BCUT2D eigenvalue weighted by Gasteiger charge is -2.63. The van der Waals surface area contributed by atoms with E-state index in [1.54, 1.807) is 18.0 Å². The molecule has 7 nitrogen and oxygen atoms in total. The summed E-state index contributed by atoms with van der Waals surface area (Å²) in [4.78, 5) is 31.0. The molecule has 196 valence electrons. The zero-order chi connectivity index (χ0) is 26.4. The molecule has 5 aliphatic rings. The van der Waals surface area contributed by atoms with Crippen molar-refractivity contribution in [2.45, 2.75) is 68.2 Å². The second-order valence-corrected chi connectivity index (χ2v) is 11.9. The lowest BCUT2D eigenvalue weighted by molar-refractivity contribution is -0.187. The van der Waals surface area contributed by atoms with Crippen LogP contribution in [0.3, 0.4) is 0 Å². The first-order valence-corrected chi connectivity index (χ1v) is 13.6.